The zero-order valence-electron chi connectivity index (χ0n) is 15.1. The standard InChI is InChI=1S/C21H28N4/c1-17-4-2-10-23-21(17)25-13-8-20(16-25)19-6-11-24(12-7-19)15-18-5-3-9-22-14-18/h2-5,9-10,14,19-20H,6-8,11-13,15-16H2,1H3/t20-/m0/s1. The summed E-state index contributed by atoms with van der Waals surface area (Å²) in [5.74, 6) is 2.90. The van der Waals surface area contributed by atoms with E-state index in [4.69, 9.17) is 0 Å². The summed E-state index contributed by atoms with van der Waals surface area (Å²) in [4.78, 5) is 13.9. The second kappa shape index (κ2) is 7.52. The normalized spacial score (nSPS) is 22.4. The van der Waals surface area contributed by atoms with Crippen molar-refractivity contribution in [2.24, 2.45) is 11.8 Å². The van der Waals surface area contributed by atoms with Crippen molar-refractivity contribution in [2.75, 3.05) is 31.1 Å². The molecule has 4 rings (SSSR count). The Morgan fingerprint density at radius 1 is 1.00 bits per heavy atom. The van der Waals surface area contributed by atoms with Crippen molar-refractivity contribution in [3.05, 3.63) is 54.0 Å². The van der Waals surface area contributed by atoms with Crippen LogP contribution in [-0.2, 0) is 6.54 Å². The summed E-state index contributed by atoms with van der Waals surface area (Å²) < 4.78 is 0. The zero-order valence-corrected chi connectivity index (χ0v) is 15.1. The van der Waals surface area contributed by atoms with Gasteiger partial charge in [0.1, 0.15) is 5.82 Å². The van der Waals surface area contributed by atoms with E-state index in [0.29, 0.717) is 0 Å². The van der Waals surface area contributed by atoms with Gasteiger partial charge < -0.3 is 4.90 Å². The van der Waals surface area contributed by atoms with Crippen molar-refractivity contribution in [3.63, 3.8) is 0 Å². The molecule has 4 heteroatoms. The minimum atomic E-state index is 0.835. The Morgan fingerprint density at radius 3 is 2.56 bits per heavy atom. The van der Waals surface area contributed by atoms with Crippen LogP contribution in [0.1, 0.15) is 30.4 Å². The summed E-state index contributed by atoms with van der Waals surface area (Å²) in [5, 5.41) is 0. The number of hydrogen-bond donors (Lipinski definition) is 0. The monoisotopic (exact) mass is 336 g/mol. The van der Waals surface area contributed by atoms with E-state index in [0.717, 1.165) is 18.4 Å². The molecule has 0 unspecified atom stereocenters. The van der Waals surface area contributed by atoms with E-state index in [9.17, 15) is 0 Å². The van der Waals surface area contributed by atoms with Crippen molar-refractivity contribution in [1.82, 2.24) is 14.9 Å². The first-order valence-corrected chi connectivity index (χ1v) is 9.57. The third-order valence-electron chi connectivity index (χ3n) is 5.93. The van der Waals surface area contributed by atoms with Gasteiger partial charge in [-0.05, 0) is 74.4 Å². The number of aryl methyl sites for hydroxylation is 1. The molecule has 132 valence electrons. The van der Waals surface area contributed by atoms with Gasteiger partial charge in [-0.2, -0.15) is 0 Å². The van der Waals surface area contributed by atoms with Crippen LogP contribution in [0.3, 0.4) is 0 Å². The number of piperidine rings is 1. The highest BCUT2D eigenvalue weighted by atomic mass is 15.2. The van der Waals surface area contributed by atoms with Gasteiger partial charge in [-0.25, -0.2) is 4.98 Å². The summed E-state index contributed by atoms with van der Waals surface area (Å²) in [5.41, 5.74) is 2.63. The number of likely N-dealkylation sites (tertiary alicyclic amines) is 1. The van der Waals surface area contributed by atoms with Crippen molar-refractivity contribution in [1.29, 1.82) is 0 Å². The number of pyridine rings is 2. The first-order valence-electron chi connectivity index (χ1n) is 9.57. The smallest absolute Gasteiger partial charge is 0.131 e. The average molecular weight is 336 g/mol. The molecule has 0 saturated carbocycles. The second-order valence-corrected chi connectivity index (χ2v) is 7.61. The number of rotatable bonds is 4. The molecule has 0 aliphatic carbocycles. The summed E-state index contributed by atoms with van der Waals surface area (Å²) >= 11 is 0. The molecule has 0 bridgehead atoms. The van der Waals surface area contributed by atoms with Gasteiger partial charge in [0, 0.05) is 38.2 Å². The highest BCUT2D eigenvalue weighted by Gasteiger charge is 2.32. The minimum absolute atomic E-state index is 0.835. The lowest BCUT2D eigenvalue weighted by atomic mass is 9.83. The molecule has 0 spiro atoms. The van der Waals surface area contributed by atoms with E-state index >= 15 is 0 Å². The fraction of sp³-hybridized carbons (Fsp3) is 0.524. The van der Waals surface area contributed by atoms with Crippen LogP contribution < -0.4 is 4.90 Å². The Balaban J connectivity index is 1.29. The van der Waals surface area contributed by atoms with Gasteiger partial charge in [-0.1, -0.05) is 12.1 Å². The molecule has 25 heavy (non-hydrogen) atoms. The SMILES string of the molecule is Cc1cccnc1N1CC[C@H](C2CCN(Cc3cccnc3)CC2)C1. The molecule has 1 atom stereocenters. The topological polar surface area (TPSA) is 32.3 Å². The summed E-state index contributed by atoms with van der Waals surface area (Å²) in [6.07, 6.45) is 9.76. The molecule has 4 heterocycles. The Labute approximate surface area is 150 Å². The maximum Gasteiger partial charge on any atom is 0.131 e. The third-order valence-corrected chi connectivity index (χ3v) is 5.93. The van der Waals surface area contributed by atoms with Crippen LogP contribution in [0.25, 0.3) is 0 Å². The van der Waals surface area contributed by atoms with E-state index in [1.807, 2.05) is 30.7 Å². The van der Waals surface area contributed by atoms with E-state index in [2.05, 4.69) is 38.8 Å². The van der Waals surface area contributed by atoms with E-state index in [1.165, 1.54) is 62.4 Å². The van der Waals surface area contributed by atoms with Crippen molar-refractivity contribution < 1.29 is 0 Å². The van der Waals surface area contributed by atoms with Gasteiger partial charge in [-0.3, -0.25) is 9.88 Å². The minimum Gasteiger partial charge on any atom is -0.356 e. The van der Waals surface area contributed by atoms with Gasteiger partial charge in [0.25, 0.3) is 0 Å². The Hall–Kier alpha value is -1.94. The molecule has 0 N–H and O–H groups in total. The van der Waals surface area contributed by atoms with Gasteiger partial charge >= 0.3 is 0 Å². The highest BCUT2D eigenvalue weighted by Crippen LogP contribution is 2.34. The summed E-state index contributed by atoms with van der Waals surface area (Å²) in [7, 11) is 0. The average Bonchev–Trinajstić information content (AvgIpc) is 3.13. The number of aromatic nitrogens is 2. The molecule has 0 radical (unpaired) electrons. The number of anilines is 1. The van der Waals surface area contributed by atoms with Crippen LogP contribution in [0, 0.1) is 18.8 Å². The second-order valence-electron chi connectivity index (χ2n) is 7.61. The molecule has 2 aliphatic heterocycles. The molecule has 0 aromatic carbocycles. The van der Waals surface area contributed by atoms with Gasteiger partial charge in [0.05, 0.1) is 0 Å². The van der Waals surface area contributed by atoms with Crippen LogP contribution in [0.4, 0.5) is 5.82 Å². The summed E-state index contributed by atoms with van der Waals surface area (Å²) in [6.45, 7) is 8.01. The molecular formula is C21H28N4. The lowest BCUT2D eigenvalue weighted by molar-refractivity contribution is 0.147. The first kappa shape index (κ1) is 16.5. The van der Waals surface area contributed by atoms with Gasteiger partial charge in [0.2, 0.25) is 0 Å². The molecule has 2 saturated heterocycles. The molecule has 2 aromatic rings. The Morgan fingerprint density at radius 2 is 1.80 bits per heavy atom. The predicted molar refractivity (Wildman–Crippen MR) is 102 cm³/mol. The van der Waals surface area contributed by atoms with Crippen LogP contribution in [0.5, 0.6) is 0 Å². The van der Waals surface area contributed by atoms with Crippen LogP contribution in [-0.4, -0.2) is 41.0 Å². The van der Waals surface area contributed by atoms with Crippen LogP contribution in [0.2, 0.25) is 0 Å². The molecule has 2 fully saturated rings. The quantitative estimate of drug-likeness (QED) is 0.855. The van der Waals surface area contributed by atoms with Gasteiger partial charge in [0.15, 0.2) is 0 Å². The molecule has 2 aromatic heterocycles. The summed E-state index contributed by atoms with van der Waals surface area (Å²) in [6, 6.07) is 8.43. The fourth-order valence-corrected chi connectivity index (χ4v) is 4.51. The lowest BCUT2D eigenvalue weighted by Crippen LogP contribution is -2.36. The number of hydrogen-bond acceptors (Lipinski definition) is 4. The maximum absolute atomic E-state index is 4.61. The molecule has 0 amide bonds. The van der Waals surface area contributed by atoms with Crippen molar-refractivity contribution in [3.8, 4) is 0 Å². The number of nitrogens with zero attached hydrogens (tertiary/aromatic N) is 4. The van der Waals surface area contributed by atoms with Crippen molar-refractivity contribution >= 4 is 5.82 Å². The van der Waals surface area contributed by atoms with E-state index in [1.54, 1.807) is 0 Å². The van der Waals surface area contributed by atoms with Crippen LogP contribution >= 0.6 is 0 Å². The highest BCUT2D eigenvalue weighted by molar-refractivity contribution is 5.46. The third kappa shape index (κ3) is 3.84. The predicted octanol–water partition coefficient (Wildman–Crippen LogP) is 3.52. The Bertz CT molecular complexity index is 679. The van der Waals surface area contributed by atoms with E-state index in [-0.39, 0.29) is 0 Å². The lowest BCUT2D eigenvalue weighted by Gasteiger charge is -2.35. The van der Waals surface area contributed by atoms with E-state index < -0.39 is 0 Å². The zero-order chi connectivity index (χ0) is 17.1. The van der Waals surface area contributed by atoms with Crippen molar-refractivity contribution in [2.45, 2.75) is 32.7 Å². The van der Waals surface area contributed by atoms with Crippen LogP contribution in [0.15, 0.2) is 42.9 Å². The first-order chi connectivity index (χ1) is 12.3. The maximum atomic E-state index is 4.61. The fourth-order valence-electron chi connectivity index (χ4n) is 4.51. The Kier molecular flexibility index (Phi) is 4.97. The van der Waals surface area contributed by atoms with Gasteiger partial charge in [-0.15, -0.1) is 0 Å². The largest absolute Gasteiger partial charge is 0.356 e. The molecular weight excluding hydrogens is 308 g/mol. The molecule has 2 aliphatic rings. The molecule has 4 nitrogen and oxygen atoms in total.